The maximum Gasteiger partial charge on any atom is 0.208 e. The van der Waals surface area contributed by atoms with Gasteiger partial charge in [-0.15, -0.1) is 0 Å². The monoisotopic (exact) mass is 294 g/mol. The van der Waals surface area contributed by atoms with Gasteiger partial charge in [0.25, 0.3) is 0 Å². The third-order valence-corrected chi connectivity index (χ3v) is 3.93. The molecule has 20 heavy (non-hydrogen) atoms. The lowest BCUT2D eigenvalue weighted by atomic mass is 9.95. The zero-order chi connectivity index (χ0) is 14.6. The number of sulfonamides is 1. The molecule has 1 aliphatic rings. The van der Waals surface area contributed by atoms with Gasteiger partial charge in [-0.3, -0.25) is 0 Å². The summed E-state index contributed by atoms with van der Waals surface area (Å²) >= 11 is 0. The third-order valence-electron chi connectivity index (χ3n) is 3.20. The number of nitrogens with zero attached hydrogens (tertiary/aromatic N) is 2. The van der Waals surface area contributed by atoms with Gasteiger partial charge in [-0.05, 0) is 37.3 Å². The van der Waals surface area contributed by atoms with E-state index in [4.69, 9.17) is 5.26 Å². The molecule has 1 aromatic rings. The van der Waals surface area contributed by atoms with Crippen molar-refractivity contribution in [3.63, 3.8) is 0 Å². The van der Waals surface area contributed by atoms with Crippen molar-refractivity contribution in [1.29, 1.82) is 5.26 Å². The highest BCUT2D eigenvalue weighted by Gasteiger charge is 2.14. The van der Waals surface area contributed by atoms with E-state index in [-0.39, 0.29) is 6.54 Å². The van der Waals surface area contributed by atoms with Crippen molar-refractivity contribution in [1.82, 2.24) is 9.71 Å². The number of nitriles is 1. The topological polar surface area (TPSA) is 94.9 Å². The van der Waals surface area contributed by atoms with E-state index in [9.17, 15) is 8.42 Å². The molecule has 0 aliphatic heterocycles. The number of nitrogens with one attached hydrogen (secondary N) is 2. The van der Waals surface area contributed by atoms with Crippen molar-refractivity contribution >= 4 is 15.8 Å². The number of hydrogen-bond donors (Lipinski definition) is 2. The molecule has 6 nitrogen and oxygen atoms in total. The average Bonchev–Trinajstić information content (AvgIpc) is 2.41. The van der Waals surface area contributed by atoms with Gasteiger partial charge < -0.3 is 5.32 Å². The first-order chi connectivity index (χ1) is 9.49. The van der Waals surface area contributed by atoms with Crippen LogP contribution in [0.15, 0.2) is 6.07 Å². The molecule has 0 radical (unpaired) electrons. The van der Waals surface area contributed by atoms with E-state index < -0.39 is 10.0 Å². The zero-order valence-electron chi connectivity index (χ0n) is 11.4. The lowest BCUT2D eigenvalue weighted by molar-refractivity contribution is 0.589. The molecule has 0 unspecified atom stereocenters. The number of hydrogen-bond acceptors (Lipinski definition) is 5. The second kappa shape index (κ2) is 6.20. The molecule has 0 bridgehead atoms. The second-order valence-electron chi connectivity index (χ2n) is 4.90. The first-order valence-corrected chi connectivity index (χ1v) is 8.50. The van der Waals surface area contributed by atoms with Gasteiger partial charge in [0.2, 0.25) is 10.0 Å². The van der Waals surface area contributed by atoms with Crippen LogP contribution in [0.2, 0.25) is 0 Å². The summed E-state index contributed by atoms with van der Waals surface area (Å²) in [5.41, 5.74) is 2.73. The maximum atomic E-state index is 11.0. The fourth-order valence-electron chi connectivity index (χ4n) is 2.27. The largest absolute Gasteiger partial charge is 0.368 e. The Labute approximate surface area is 119 Å². The minimum atomic E-state index is -3.18. The van der Waals surface area contributed by atoms with Crippen LogP contribution in [0.4, 0.5) is 5.82 Å². The highest BCUT2D eigenvalue weighted by Crippen LogP contribution is 2.24. The van der Waals surface area contributed by atoms with E-state index in [2.05, 4.69) is 21.1 Å². The van der Waals surface area contributed by atoms with Gasteiger partial charge in [0.05, 0.1) is 11.8 Å². The molecule has 0 fully saturated rings. The number of aryl methyl sites for hydroxylation is 2. The molecule has 0 atom stereocenters. The van der Waals surface area contributed by atoms with Gasteiger partial charge in [-0.2, -0.15) is 5.26 Å². The number of rotatable bonds is 5. The predicted octanol–water partition coefficient (Wildman–Crippen LogP) is 0.793. The minimum Gasteiger partial charge on any atom is -0.368 e. The fourth-order valence-corrected chi connectivity index (χ4v) is 2.74. The normalized spacial score (nSPS) is 14.4. The molecule has 1 aromatic heterocycles. The van der Waals surface area contributed by atoms with E-state index in [0.29, 0.717) is 17.9 Å². The molecule has 0 saturated heterocycles. The van der Waals surface area contributed by atoms with Crippen LogP contribution in [0.3, 0.4) is 0 Å². The summed E-state index contributed by atoms with van der Waals surface area (Å²) in [7, 11) is -3.18. The summed E-state index contributed by atoms with van der Waals surface area (Å²) in [5.74, 6) is 0.545. The first-order valence-electron chi connectivity index (χ1n) is 6.61. The van der Waals surface area contributed by atoms with Crippen molar-refractivity contribution < 1.29 is 8.42 Å². The Morgan fingerprint density at radius 1 is 1.35 bits per heavy atom. The van der Waals surface area contributed by atoms with E-state index in [1.54, 1.807) is 0 Å². The van der Waals surface area contributed by atoms with Crippen LogP contribution >= 0.6 is 0 Å². The Morgan fingerprint density at radius 3 is 2.80 bits per heavy atom. The highest BCUT2D eigenvalue weighted by molar-refractivity contribution is 7.88. The summed E-state index contributed by atoms with van der Waals surface area (Å²) in [6.07, 6.45) is 5.31. The smallest absolute Gasteiger partial charge is 0.208 e. The summed E-state index contributed by atoms with van der Waals surface area (Å²) in [5, 5.41) is 12.2. The molecule has 1 aliphatic carbocycles. The van der Waals surface area contributed by atoms with Crippen molar-refractivity contribution in [3.05, 3.63) is 22.9 Å². The van der Waals surface area contributed by atoms with Crippen molar-refractivity contribution in [2.24, 2.45) is 0 Å². The molecule has 2 N–H and O–H groups in total. The molecule has 7 heteroatoms. The highest BCUT2D eigenvalue weighted by atomic mass is 32.2. The lowest BCUT2D eigenvalue weighted by Crippen LogP contribution is -2.28. The van der Waals surface area contributed by atoms with E-state index >= 15 is 0 Å². The number of aromatic nitrogens is 1. The SMILES string of the molecule is CS(=O)(=O)NCCNc1nc2c(cc1C#N)CCCC2. The molecule has 1 heterocycles. The van der Waals surface area contributed by atoms with Gasteiger partial charge in [-0.1, -0.05) is 0 Å². The Hall–Kier alpha value is -1.65. The predicted molar refractivity (Wildman–Crippen MR) is 76.9 cm³/mol. The van der Waals surface area contributed by atoms with Crippen LogP contribution < -0.4 is 10.0 Å². The van der Waals surface area contributed by atoms with E-state index in [0.717, 1.165) is 43.2 Å². The minimum absolute atomic E-state index is 0.266. The van der Waals surface area contributed by atoms with Gasteiger partial charge >= 0.3 is 0 Å². The van der Waals surface area contributed by atoms with Crippen molar-refractivity contribution in [3.8, 4) is 6.07 Å². The van der Waals surface area contributed by atoms with Gasteiger partial charge in [0, 0.05) is 18.8 Å². The van der Waals surface area contributed by atoms with Crippen molar-refractivity contribution in [2.45, 2.75) is 25.7 Å². The fraction of sp³-hybridized carbons (Fsp3) is 0.538. The molecule has 2 rings (SSSR count). The molecular formula is C13H18N4O2S. The summed E-state index contributed by atoms with van der Waals surface area (Å²) in [4.78, 5) is 4.51. The molecule has 0 aromatic carbocycles. The Balaban J connectivity index is 2.05. The number of pyridine rings is 1. The van der Waals surface area contributed by atoms with Crippen LogP contribution in [0.25, 0.3) is 0 Å². The summed E-state index contributed by atoms with van der Waals surface area (Å²) in [6.45, 7) is 0.663. The Bertz CT molecular complexity index is 635. The summed E-state index contributed by atoms with van der Waals surface area (Å²) in [6, 6.07) is 4.04. The second-order valence-corrected chi connectivity index (χ2v) is 6.74. The Morgan fingerprint density at radius 2 is 2.10 bits per heavy atom. The van der Waals surface area contributed by atoms with Crippen LogP contribution in [0.5, 0.6) is 0 Å². The van der Waals surface area contributed by atoms with E-state index in [1.807, 2.05) is 6.07 Å². The number of fused-ring (bicyclic) bond motifs is 1. The van der Waals surface area contributed by atoms with Crippen LogP contribution in [-0.2, 0) is 22.9 Å². The van der Waals surface area contributed by atoms with Crippen LogP contribution in [0, 0.1) is 11.3 Å². The van der Waals surface area contributed by atoms with Gasteiger partial charge in [0.1, 0.15) is 11.9 Å². The number of anilines is 1. The van der Waals surface area contributed by atoms with E-state index in [1.165, 1.54) is 0 Å². The molecule has 0 spiro atoms. The quantitative estimate of drug-likeness (QED) is 0.783. The van der Waals surface area contributed by atoms with Crippen LogP contribution in [-0.4, -0.2) is 32.7 Å². The summed E-state index contributed by atoms with van der Waals surface area (Å²) < 4.78 is 24.3. The zero-order valence-corrected chi connectivity index (χ0v) is 12.3. The average molecular weight is 294 g/mol. The molecule has 108 valence electrons. The molecular weight excluding hydrogens is 276 g/mol. The molecule has 0 amide bonds. The first kappa shape index (κ1) is 14.8. The third kappa shape index (κ3) is 3.92. The van der Waals surface area contributed by atoms with Crippen LogP contribution in [0.1, 0.15) is 29.7 Å². The van der Waals surface area contributed by atoms with Gasteiger partial charge in [-0.25, -0.2) is 18.1 Å². The lowest BCUT2D eigenvalue weighted by Gasteiger charge is -2.17. The molecule has 0 saturated carbocycles. The Kier molecular flexibility index (Phi) is 4.57. The van der Waals surface area contributed by atoms with Crippen molar-refractivity contribution in [2.75, 3.05) is 24.7 Å². The van der Waals surface area contributed by atoms with Gasteiger partial charge in [0.15, 0.2) is 0 Å². The maximum absolute atomic E-state index is 11.0. The standard InChI is InChI=1S/C13H18N4O2S/c1-20(18,19)16-7-6-15-13-11(9-14)8-10-4-2-3-5-12(10)17-13/h8,16H,2-7H2,1H3,(H,15,17).